The topological polar surface area (TPSA) is 78.8 Å². The lowest BCUT2D eigenvalue weighted by Gasteiger charge is -2.07. The lowest BCUT2D eigenvalue weighted by atomic mass is 10.1. The van der Waals surface area contributed by atoms with Crippen LogP contribution in [0.5, 0.6) is 5.75 Å². The summed E-state index contributed by atoms with van der Waals surface area (Å²) >= 11 is 0. The molecule has 0 aliphatic heterocycles. The van der Waals surface area contributed by atoms with Gasteiger partial charge in [-0.1, -0.05) is 0 Å². The Hall–Kier alpha value is -2.89. The second kappa shape index (κ2) is 5.24. The summed E-state index contributed by atoms with van der Waals surface area (Å²) in [5.41, 5.74) is 9.20. The number of nitrogens with two attached hydrogens (primary N) is 1. The summed E-state index contributed by atoms with van der Waals surface area (Å²) < 4.78 is 6.98. The lowest BCUT2D eigenvalue weighted by Crippen LogP contribution is -2.02. The average molecular weight is 281 g/mol. The molecule has 0 bridgehead atoms. The molecular weight excluding hydrogens is 266 g/mol. The third kappa shape index (κ3) is 2.55. The fourth-order valence-corrected chi connectivity index (χ4v) is 2.10. The van der Waals surface area contributed by atoms with E-state index in [1.165, 1.54) is 0 Å². The molecule has 2 N–H and O–H groups in total. The minimum Gasteiger partial charge on any atom is -0.497 e. The van der Waals surface area contributed by atoms with Crippen molar-refractivity contribution in [1.29, 1.82) is 0 Å². The molecule has 0 fully saturated rings. The van der Waals surface area contributed by atoms with Crippen molar-refractivity contribution in [3.8, 4) is 22.7 Å². The standard InChI is InChI=1S/C15H15N5O/c1-10-7-14(11-3-5-13(21-2)6-4-11)20(19-10)12-8-17-15(16)18-9-12/h3-9H,1-2H3,(H2,16,17,18). The van der Waals surface area contributed by atoms with Crippen LogP contribution >= 0.6 is 0 Å². The van der Waals surface area contributed by atoms with Crippen molar-refractivity contribution in [3.63, 3.8) is 0 Å². The SMILES string of the molecule is COc1ccc(-c2cc(C)nn2-c2cnc(N)nc2)cc1. The van der Waals surface area contributed by atoms with Gasteiger partial charge in [-0.2, -0.15) is 5.10 Å². The van der Waals surface area contributed by atoms with Crippen LogP contribution in [0.25, 0.3) is 16.9 Å². The van der Waals surface area contributed by atoms with Crippen LogP contribution in [-0.2, 0) is 0 Å². The summed E-state index contributed by atoms with van der Waals surface area (Å²) in [6, 6.07) is 9.83. The first-order valence-corrected chi connectivity index (χ1v) is 6.46. The molecule has 1 aromatic carbocycles. The van der Waals surface area contributed by atoms with Gasteiger partial charge >= 0.3 is 0 Å². The molecule has 2 heterocycles. The van der Waals surface area contributed by atoms with Crippen LogP contribution in [0.1, 0.15) is 5.69 Å². The Morgan fingerprint density at radius 1 is 1.10 bits per heavy atom. The van der Waals surface area contributed by atoms with Gasteiger partial charge in [-0.25, -0.2) is 14.6 Å². The molecule has 0 saturated heterocycles. The van der Waals surface area contributed by atoms with E-state index in [4.69, 9.17) is 10.5 Å². The molecule has 0 atom stereocenters. The largest absolute Gasteiger partial charge is 0.497 e. The molecule has 3 aromatic rings. The molecule has 0 spiro atoms. The number of rotatable bonds is 3. The monoisotopic (exact) mass is 281 g/mol. The van der Waals surface area contributed by atoms with E-state index in [9.17, 15) is 0 Å². The molecule has 0 unspecified atom stereocenters. The normalized spacial score (nSPS) is 10.6. The van der Waals surface area contributed by atoms with Crippen LogP contribution in [0.4, 0.5) is 5.95 Å². The quantitative estimate of drug-likeness (QED) is 0.796. The number of methoxy groups -OCH3 is 1. The Bertz CT molecular complexity index is 747. The molecule has 0 amide bonds. The molecule has 2 aromatic heterocycles. The van der Waals surface area contributed by atoms with E-state index in [-0.39, 0.29) is 5.95 Å². The summed E-state index contributed by atoms with van der Waals surface area (Å²) in [6.45, 7) is 1.95. The Kier molecular flexibility index (Phi) is 3.27. The van der Waals surface area contributed by atoms with Crippen molar-refractivity contribution in [2.45, 2.75) is 6.92 Å². The van der Waals surface area contributed by atoms with Crippen molar-refractivity contribution in [1.82, 2.24) is 19.7 Å². The van der Waals surface area contributed by atoms with Gasteiger partial charge < -0.3 is 10.5 Å². The summed E-state index contributed by atoms with van der Waals surface area (Å²) in [4.78, 5) is 8.03. The number of benzene rings is 1. The number of aromatic nitrogens is 4. The van der Waals surface area contributed by atoms with Gasteiger partial charge in [-0.3, -0.25) is 0 Å². The number of hydrogen-bond donors (Lipinski definition) is 1. The van der Waals surface area contributed by atoms with E-state index in [0.717, 1.165) is 28.4 Å². The Labute approximate surface area is 122 Å². The summed E-state index contributed by atoms with van der Waals surface area (Å²) in [5, 5.41) is 4.49. The molecule has 6 nitrogen and oxygen atoms in total. The Morgan fingerprint density at radius 2 is 1.76 bits per heavy atom. The highest BCUT2D eigenvalue weighted by atomic mass is 16.5. The van der Waals surface area contributed by atoms with E-state index in [2.05, 4.69) is 15.1 Å². The molecule has 21 heavy (non-hydrogen) atoms. The predicted octanol–water partition coefficient (Wildman–Crippen LogP) is 2.23. The van der Waals surface area contributed by atoms with Crippen LogP contribution in [0.2, 0.25) is 0 Å². The van der Waals surface area contributed by atoms with Crippen molar-refractivity contribution < 1.29 is 4.74 Å². The second-order valence-electron chi connectivity index (χ2n) is 4.61. The molecular formula is C15H15N5O. The summed E-state index contributed by atoms with van der Waals surface area (Å²) in [7, 11) is 1.65. The number of ether oxygens (including phenoxy) is 1. The first kappa shape index (κ1) is 13.1. The Balaban J connectivity index is 2.08. The third-order valence-electron chi connectivity index (χ3n) is 3.12. The van der Waals surface area contributed by atoms with Gasteiger partial charge in [0.1, 0.15) is 11.4 Å². The smallest absolute Gasteiger partial charge is 0.220 e. The second-order valence-corrected chi connectivity index (χ2v) is 4.61. The zero-order chi connectivity index (χ0) is 14.8. The van der Waals surface area contributed by atoms with E-state index < -0.39 is 0 Å². The third-order valence-corrected chi connectivity index (χ3v) is 3.12. The molecule has 3 rings (SSSR count). The molecule has 0 aliphatic rings. The van der Waals surface area contributed by atoms with Crippen LogP contribution < -0.4 is 10.5 Å². The van der Waals surface area contributed by atoms with Crippen molar-refractivity contribution in [2.75, 3.05) is 12.8 Å². The Morgan fingerprint density at radius 3 is 2.38 bits per heavy atom. The fourth-order valence-electron chi connectivity index (χ4n) is 2.10. The number of hydrogen-bond acceptors (Lipinski definition) is 5. The molecule has 0 aliphatic carbocycles. The first-order chi connectivity index (χ1) is 10.2. The van der Waals surface area contributed by atoms with Gasteiger partial charge in [0.2, 0.25) is 5.95 Å². The van der Waals surface area contributed by atoms with Crippen molar-refractivity contribution >= 4 is 5.95 Å². The average Bonchev–Trinajstić information content (AvgIpc) is 2.90. The van der Waals surface area contributed by atoms with E-state index in [1.807, 2.05) is 37.3 Å². The maximum atomic E-state index is 5.53. The van der Waals surface area contributed by atoms with Gasteiger partial charge in [0.15, 0.2) is 0 Å². The lowest BCUT2D eigenvalue weighted by molar-refractivity contribution is 0.415. The molecule has 6 heteroatoms. The van der Waals surface area contributed by atoms with Crippen LogP contribution in [-0.4, -0.2) is 26.9 Å². The zero-order valence-electron chi connectivity index (χ0n) is 11.8. The fraction of sp³-hybridized carbons (Fsp3) is 0.133. The summed E-state index contributed by atoms with van der Waals surface area (Å²) in [5.74, 6) is 1.06. The van der Waals surface area contributed by atoms with E-state index in [0.29, 0.717) is 0 Å². The van der Waals surface area contributed by atoms with Crippen molar-refractivity contribution in [3.05, 3.63) is 48.4 Å². The number of nitrogen functional groups attached to an aromatic ring is 1. The van der Waals surface area contributed by atoms with Crippen molar-refractivity contribution in [2.24, 2.45) is 0 Å². The predicted molar refractivity (Wildman–Crippen MR) is 80.3 cm³/mol. The maximum Gasteiger partial charge on any atom is 0.220 e. The molecule has 106 valence electrons. The number of aryl methyl sites for hydroxylation is 1. The van der Waals surface area contributed by atoms with Gasteiger partial charge in [0.05, 0.1) is 30.9 Å². The first-order valence-electron chi connectivity index (χ1n) is 6.46. The highest BCUT2D eigenvalue weighted by Gasteiger charge is 2.10. The van der Waals surface area contributed by atoms with Gasteiger partial charge in [0.25, 0.3) is 0 Å². The number of anilines is 1. The van der Waals surface area contributed by atoms with E-state index in [1.54, 1.807) is 24.2 Å². The minimum atomic E-state index is 0.244. The minimum absolute atomic E-state index is 0.244. The zero-order valence-corrected chi connectivity index (χ0v) is 11.8. The highest BCUT2D eigenvalue weighted by molar-refractivity contribution is 5.63. The molecule has 0 saturated carbocycles. The van der Waals surface area contributed by atoms with Crippen LogP contribution in [0.15, 0.2) is 42.7 Å². The highest BCUT2D eigenvalue weighted by Crippen LogP contribution is 2.25. The van der Waals surface area contributed by atoms with Gasteiger partial charge in [-0.15, -0.1) is 0 Å². The molecule has 0 radical (unpaired) electrons. The number of nitrogens with zero attached hydrogens (tertiary/aromatic N) is 4. The summed E-state index contributed by atoms with van der Waals surface area (Å²) in [6.07, 6.45) is 3.31. The van der Waals surface area contributed by atoms with Gasteiger partial charge in [0, 0.05) is 5.56 Å². The van der Waals surface area contributed by atoms with Crippen LogP contribution in [0.3, 0.4) is 0 Å². The van der Waals surface area contributed by atoms with E-state index >= 15 is 0 Å². The van der Waals surface area contributed by atoms with Gasteiger partial charge in [-0.05, 0) is 37.3 Å². The van der Waals surface area contributed by atoms with Crippen LogP contribution in [0, 0.1) is 6.92 Å². The maximum absolute atomic E-state index is 5.53.